The van der Waals surface area contributed by atoms with Crippen molar-refractivity contribution in [3.8, 4) is 0 Å². The Morgan fingerprint density at radius 3 is 1.49 bits per heavy atom. The fourth-order valence-electron chi connectivity index (χ4n) is 2.67. The molecule has 0 fully saturated rings. The zero-order valence-electron chi connectivity index (χ0n) is 27.8. The predicted octanol–water partition coefficient (Wildman–Crippen LogP) is -2.78. The lowest BCUT2D eigenvalue weighted by molar-refractivity contribution is 0.0486. The topological polar surface area (TPSA) is 250 Å². The Hall–Kier alpha value is -1.86. The largest absolute Gasteiger partial charge is 0.444 e. The fourth-order valence-corrected chi connectivity index (χ4v) is 2.67. The number of carbonyl (C=O) groups is 2. The van der Waals surface area contributed by atoms with Gasteiger partial charge in [-0.25, -0.2) is 9.59 Å². The minimum atomic E-state index is -0.746. The van der Waals surface area contributed by atoms with E-state index in [0.29, 0.717) is 45.8 Å². The minimum Gasteiger partial charge on any atom is -0.444 e. The number of nitrogens with one attached hydrogen (secondary N) is 7. The van der Waals surface area contributed by atoms with E-state index in [-0.39, 0.29) is 19.2 Å². The highest BCUT2D eigenvalue weighted by Gasteiger charge is 2.17. The molecule has 43 heavy (non-hydrogen) atoms. The van der Waals surface area contributed by atoms with Gasteiger partial charge in [0.05, 0.1) is 18.3 Å². The van der Waals surface area contributed by atoms with Gasteiger partial charge in [-0.3, -0.25) is 0 Å². The second-order valence-electron chi connectivity index (χ2n) is 11.6. The number of hydrogen-bond donors (Lipinski definition) is 12. The molecule has 0 radical (unpaired) electrons. The Kier molecular flexibility index (Phi) is 30.6. The van der Waals surface area contributed by atoms with Crippen molar-refractivity contribution in [2.24, 2.45) is 11.5 Å². The fraction of sp³-hybridized carbons (Fsp3) is 0.926. The number of aliphatic hydroxyl groups is 3. The molecule has 0 aromatic heterocycles. The number of amides is 2. The van der Waals surface area contributed by atoms with E-state index in [4.69, 9.17) is 26.0 Å². The normalized spacial score (nSPS) is 13.3. The van der Waals surface area contributed by atoms with Crippen molar-refractivity contribution in [1.29, 1.82) is 0 Å². The highest BCUT2D eigenvalue weighted by Crippen LogP contribution is 2.06. The van der Waals surface area contributed by atoms with Crippen LogP contribution in [0.4, 0.5) is 9.59 Å². The molecule has 0 rings (SSSR count). The Bertz CT molecular complexity index is 651. The monoisotopic (exact) mass is 628 g/mol. The lowest BCUT2D eigenvalue weighted by Crippen LogP contribution is -2.42. The van der Waals surface area contributed by atoms with Crippen LogP contribution >= 0.6 is 0 Å². The number of ether oxygens (including phenoxy) is 2. The molecule has 0 heterocycles. The molecule has 260 valence electrons. The number of rotatable bonds is 19. The Labute approximate surface area is 259 Å². The third kappa shape index (κ3) is 42.3. The van der Waals surface area contributed by atoms with Gasteiger partial charge in [-0.2, -0.15) is 0 Å². The summed E-state index contributed by atoms with van der Waals surface area (Å²) >= 11 is 0. The van der Waals surface area contributed by atoms with Crippen molar-refractivity contribution in [2.45, 2.75) is 71.1 Å². The molecule has 0 aliphatic heterocycles. The first-order valence-corrected chi connectivity index (χ1v) is 14.8. The van der Waals surface area contributed by atoms with Crippen molar-refractivity contribution >= 4 is 12.2 Å². The van der Waals surface area contributed by atoms with Crippen molar-refractivity contribution in [2.75, 3.05) is 92.6 Å². The predicted molar refractivity (Wildman–Crippen MR) is 171 cm³/mol. The third-order valence-electron chi connectivity index (χ3n) is 4.58. The Morgan fingerprint density at radius 1 is 0.605 bits per heavy atom. The van der Waals surface area contributed by atoms with Gasteiger partial charge in [-0.05, 0) is 55.6 Å². The molecule has 0 aromatic rings. The summed E-state index contributed by atoms with van der Waals surface area (Å²) in [4.78, 5) is 22.8. The summed E-state index contributed by atoms with van der Waals surface area (Å²) in [7, 11) is 3.74. The van der Waals surface area contributed by atoms with Crippen LogP contribution in [0.2, 0.25) is 0 Å². The van der Waals surface area contributed by atoms with Gasteiger partial charge >= 0.3 is 12.2 Å². The highest BCUT2D eigenvalue weighted by molar-refractivity contribution is 5.68. The van der Waals surface area contributed by atoms with Gasteiger partial charge in [0.25, 0.3) is 0 Å². The van der Waals surface area contributed by atoms with Gasteiger partial charge in [0.1, 0.15) is 11.2 Å². The van der Waals surface area contributed by atoms with E-state index < -0.39 is 35.6 Å². The first-order valence-electron chi connectivity index (χ1n) is 14.8. The maximum atomic E-state index is 11.4. The number of likely N-dealkylation sites (N-methyl/N-ethyl adjacent to an activating group) is 2. The summed E-state index contributed by atoms with van der Waals surface area (Å²) in [5, 5.41) is 47.8. The maximum absolute atomic E-state index is 11.4. The van der Waals surface area contributed by atoms with Gasteiger partial charge in [0.2, 0.25) is 0 Å². The average molecular weight is 628 g/mol. The number of nitrogens with two attached hydrogens (primary N) is 2. The third-order valence-corrected chi connectivity index (χ3v) is 4.58. The summed E-state index contributed by atoms with van der Waals surface area (Å²) in [5.41, 5.74) is 9.22. The van der Waals surface area contributed by atoms with E-state index in [1.807, 2.05) is 14.1 Å². The van der Waals surface area contributed by atoms with Crippen molar-refractivity contribution in [3.63, 3.8) is 0 Å². The van der Waals surface area contributed by atoms with Gasteiger partial charge in [0, 0.05) is 78.5 Å². The highest BCUT2D eigenvalue weighted by atomic mass is 16.6. The van der Waals surface area contributed by atoms with Gasteiger partial charge in [-0.15, -0.1) is 0 Å². The van der Waals surface area contributed by atoms with Crippen LogP contribution in [-0.4, -0.2) is 150 Å². The SMILES string of the molecule is CC(C)(C)OC(=O)NCCNCC(O)CNC(=O)OC(C)(C)C.CNCCNCC(O)CNC.NCCNCC(O)CN. The summed E-state index contributed by atoms with van der Waals surface area (Å²) < 4.78 is 10.1. The van der Waals surface area contributed by atoms with Crippen LogP contribution in [0.25, 0.3) is 0 Å². The maximum Gasteiger partial charge on any atom is 0.407 e. The van der Waals surface area contributed by atoms with E-state index >= 15 is 0 Å². The van der Waals surface area contributed by atoms with E-state index in [0.717, 1.165) is 19.6 Å². The number of carbonyl (C=O) groups excluding carboxylic acids is 2. The Balaban J connectivity index is -0.000000659. The van der Waals surface area contributed by atoms with Crippen molar-refractivity contribution in [1.82, 2.24) is 37.2 Å². The van der Waals surface area contributed by atoms with Crippen LogP contribution in [0.1, 0.15) is 41.5 Å². The summed E-state index contributed by atoms with van der Waals surface area (Å²) in [5.74, 6) is 0. The zero-order chi connectivity index (χ0) is 33.7. The first kappa shape index (κ1) is 45.6. The molecule has 0 saturated heterocycles. The molecule has 14 N–H and O–H groups in total. The molecule has 0 aliphatic rings. The molecule has 16 heteroatoms. The lowest BCUT2D eigenvalue weighted by Gasteiger charge is -2.21. The smallest absolute Gasteiger partial charge is 0.407 e. The molecule has 2 amide bonds. The van der Waals surface area contributed by atoms with Gasteiger partial charge < -0.3 is 73.5 Å². The van der Waals surface area contributed by atoms with Crippen LogP contribution in [0.15, 0.2) is 0 Å². The molecule has 0 spiro atoms. The molecule has 3 unspecified atom stereocenters. The average Bonchev–Trinajstić information content (AvgIpc) is 2.89. The second kappa shape index (κ2) is 28.9. The quantitative estimate of drug-likeness (QED) is 0.0648. The Morgan fingerprint density at radius 2 is 1.05 bits per heavy atom. The summed E-state index contributed by atoms with van der Waals surface area (Å²) in [6.45, 7) is 17.2. The van der Waals surface area contributed by atoms with Gasteiger partial charge in [-0.1, -0.05) is 0 Å². The minimum absolute atomic E-state index is 0.0847. The van der Waals surface area contributed by atoms with Crippen LogP contribution in [0.3, 0.4) is 0 Å². The van der Waals surface area contributed by atoms with Crippen LogP contribution < -0.4 is 48.7 Å². The molecular weight excluding hydrogens is 562 g/mol. The molecule has 16 nitrogen and oxygen atoms in total. The van der Waals surface area contributed by atoms with Crippen LogP contribution in [0.5, 0.6) is 0 Å². The van der Waals surface area contributed by atoms with Crippen LogP contribution in [-0.2, 0) is 9.47 Å². The van der Waals surface area contributed by atoms with Crippen LogP contribution in [0, 0.1) is 0 Å². The zero-order valence-corrected chi connectivity index (χ0v) is 27.8. The molecule has 0 aromatic carbocycles. The summed E-state index contributed by atoms with van der Waals surface area (Å²) in [6, 6.07) is 0. The number of aliphatic hydroxyl groups excluding tert-OH is 3. The number of hydrogen-bond acceptors (Lipinski definition) is 14. The first-order chi connectivity index (χ1) is 20.0. The molecule has 3 atom stereocenters. The van der Waals surface area contributed by atoms with E-state index in [9.17, 15) is 19.8 Å². The molecular formula is C27H65N9O7. The molecule has 0 aliphatic carbocycles. The lowest BCUT2D eigenvalue weighted by atomic mass is 10.2. The number of alkyl carbamates (subject to hydrolysis) is 2. The van der Waals surface area contributed by atoms with Crippen molar-refractivity contribution < 1.29 is 34.4 Å². The van der Waals surface area contributed by atoms with E-state index in [1.54, 1.807) is 41.5 Å². The summed E-state index contributed by atoms with van der Waals surface area (Å²) in [6.07, 6.45) is -2.51. The molecule has 0 bridgehead atoms. The van der Waals surface area contributed by atoms with E-state index in [2.05, 4.69) is 37.2 Å². The van der Waals surface area contributed by atoms with E-state index in [1.165, 1.54) is 0 Å². The van der Waals surface area contributed by atoms with Crippen molar-refractivity contribution in [3.05, 3.63) is 0 Å². The standard InChI is InChI=1S/C15H31N3O5.C7H19N3O.C5H15N3O/c1-14(2,3)22-12(20)17-8-7-16-9-11(19)10-18-13(21)23-15(4,5)6;1-8-3-4-10-6-7(11)5-9-2;6-1-2-8-4-5(9)3-7/h11,16,19H,7-10H2,1-6H3,(H,17,20)(H,18,21);7-11H,3-6H2,1-2H3;5,8-9H,1-4,6-7H2. The second-order valence-corrected chi connectivity index (χ2v) is 11.6. The molecule has 0 saturated carbocycles. The van der Waals surface area contributed by atoms with Gasteiger partial charge in [0.15, 0.2) is 0 Å².